The molecule has 1 aromatic carbocycles. The van der Waals surface area contributed by atoms with E-state index in [1.54, 1.807) is 0 Å². The molecule has 1 saturated heterocycles. The van der Waals surface area contributed by atoms with Crippen LogP contribution in [0.15, 0.2) is 30.6 Å². The average molecular weight is 526 g/mol. The molecular weight excluding hydrogens is 512 g/mol. The summed E-state index contributed by atoms with van der Waals surface area (Å²) in [5.41, 5.74) is -2.41. The number of rotatable bonds is 3. The van der Waals surface area contributed by atoms with Crippen LogP contribution in [0.3, 0.4) is 0 Å². The number of likely N-dealkylation sites (tertiary alicyclic amines) is 1. The van der Waals surface area contributed by atoms with E-state index in [1.807, 2.05) is 0 Å². The number of hydrogen-bond acceptors (Lipinski definition) is 6. The van der Waals surface area contributed by atoms with E-state index in [0.29, 0.717) is 10.2 Å². The lowest BCUT2D eigenvalue weighted by molar-refractivity contribution is -0.274. The van der Waals surface area contributed by atoms with Crippen molar-refractivity contribution in [1.29, 1.82) is 0 Å². The number of benzene rings is 1. The van der Waals surface area contributed by atoms with Crippen molar-refractivity contribution in [3.05, 3.63) is 41.4 Å². The van der Waals surface area contributed by atoms with Crippen LogP contribution in [0.5, 0.6) is 5.75 Å². The van der Waals surface area contributed by atoms with Crippen LogP contribution in [0.1, 0.15) is 18.5 Å². The smallest absolute Gasteiger partial charge is 0.406 e. The molecule has 4 rings (SSSR count). The van der Waals surface area contributed by atoms with Crippen molar-refractivity contribution in [2.45, 2.75) is 30.8 Å². The molecule has 0 saturated carbocycles. The van der Waals surface area contributed by atoms with Gasteiger partial charge in [0.05, 0.1) is 15.9 Å². The zero-order valence-corrected chi connectivity index (χ0v) is 18.4. The molecule has 3 heterocycles. The van der Waals surface area contributed by atoms with E-state index in [1.165, 1.54) is 17.2 Å². The highest BCUT2D eigenvalue weighted by Gasteiger charge is 2.59. The maximum Gasteiger partial charge on any atom is 0.573 e. The minimum Gasteiger partial charge on any atom is -0.406 e. The van der Waals surface area contributed by atoms with Crippen LogP contribution < -0.4 is 10.1 Å². The van der Waals surface area contributed by atoms with Crippen molar-refractivity contribution in [1.82, 2.24) is 19.9 Å². The predicted molar refractivity (Wildman–Crippen MR) is 111 cm³/mol. The Morgan fingerprint density at radius 2 is 1.79 bits per heavy atom. The maximum atomic E-state index is 14.1. The third-order valence-electron chi connectivity index (χ3n) is 5.36. The molecule has 2 aromatic heterocycles. The Labute approximate surface area is 196 Å². The maximum absolute atomic E-state index is 14.1. The van der Waals surface area contributed by atoms with Gasteiger partial charge < -0.3 is 9.64 Å². The summed E-state index contributed by atoms with van der Waals surface area (Å²) in [6, 6.07) is 2.82. The van der Waals surface area contributed by atoms with Gasteiger partial charge in [-0.1, -0.05) is 22.9 Å². The van der Waals surface area contributed by atoms with E-state index >= 15 is 0 Å². The van der Waals surface area contributed by atoms with E-state index in [2.05, 4.69) is 25.0 Å². The van der Waals surface area contributed by atoms with Crippen molar-refractivity contribution < 1.29 is 35.9 Å². The number of halogens is 7. The Morgan fingerprint density at radius 3 is 2.41 bits per heavy atom. The fourth-order valence-electron chi connectivity index (χ4n) is 3.71. The first kappa shape index (κ1) is 24.3. The van der Waals surface area contributed by atoms with Crippen LogP contribution in [0.2, 0.25) is 5.15 Å². The van der Waals surface area contributed by atoms with E-state index in [0.717, 1.165) is 29.7 Å². The van der Waals surface area contributed by atoms with Gasteiger partial charge in [-0.2, -0.15) is 13.2 Å². The third kappa shape index (κ3) is 4.82. The van der Waals surface area contributed by atoms with E-state index in [9.17, 15) is 31.1 Å². The topological polar surface area (TPSA) is 80.2 Å². The summed E-state index contributed by atoms with van der Waals surface area (Å²) >= 11 is 6.80. The molecule has 1 aliphatic rings. The zero-order chi connectivity index (χ0) is 24.7. The van der Waals surface area contributed by atoms with Crippen LogP contribution in [0, 0.1) is 0 Å². The van der Waals surface area contributed by atoms with Crippen LogP contribution in [0.4, 0.5) is 36.3 Å². The molecule has 1 aliphatic heterocycles. The summed E-state index contributed by atoms with van der Waals surface area (Å²) in [5.74, 6) is -0.441. The molecule has 0 unspecified atom stereocenters. The lowest BCUT2D eigenvalue weighted by atomic mass is 9.75. The van der Waals surface area contributed by atoms with E-state index in [-0.39, 0.29) is 29.1 Å². The van der Waals surface area contributed by atoms with Crippen molar-refractivity contribution in [3.63, 3.8) is 0 Å². The number of carbonyl (C=O) groups is 1. The number of hydrogen-bond donors (Lipinski definition) is 1. The molecule has 182 valence electrons. The number of nitrogens with zero attached hydrogens (tertiary/aromatic N) is 4. The number of amides is 2. The fraction of sp³-hybridized carbons (Fsp3) is 0.368. The molecule has 0 radical (unpaired) electrons. The van der Waals surface area contributed by atoms with E-state index < -0.39 is 42.6 Å². The normalized spacial score (nSPS) is 16.5. The minimum atomic E-state index is -4.86. The van der Waals surface area contributed by atoms with Gasteiger partial charge >= 0.3 is 18.6 Å². The largest absolute Gasteiger partial charge is 0.573 e. The highest BCUT2D eigenvalue weighted by molar-refractivity contribution is 7.22. The second kappa shape index (κ2) is 8.73. The molecule has 1 fully saturated rings. The summed E-state index contributed by atoms with van der Waals surface area (Å²) in [7, 11) is 0. The Kier molecular flexibility index (Phi) is 6.23. The molecule has 34 heavy (non-hydrogen) atoms. The van der Waals surface area contributed by atoms with Crippen LogP contribution in [-0.2, 0) is 5.41 Å². The monoisotopic (exact) mass is 525 g/mol. The molecule has 2 amide bonds. The second-order valence-corrected chi connectivity index (χ2v) is 8.78. The lowest BCUT2D eigenvalue weighted by Gasteiger charge is -2.42. The number of nitrogens with one attached hydrogen (secondary N) is 1. The molecule has 1 N–H and O–H groups in total. The number of anilines is 1. The zero-order valence-electron chi connectivity index (χ0n) is 16.9. The number of ether oxygens (including phenoxy) is 1. The van der Waals surface area contributed by atoms with Crippen LogP contribution in [0.25, 0.3) is 10.2 Å². The standard InChI is InChI=1S/C19H14ClF6N5O2S/c20-14-13(27-5-6-28-14)17(18(21,22)23)3-7-31(8-4-17)16(32)30-15-29-11-2-1-10(9-12(11)34-15)33-19(24,25)26/h1-2,5-6,9H,3-4,7-8H2,(H,29,30,32). The molecule has 0 atom stereocenters. The number of thiazole rings is 1. The second-order valence-electron chi connectivity index (χ2n) is 7.39. The van der Waals surface area contributed by atoms with Gasteiger partial charge in [0.25, 0.3) is 0 Å². The summed E-state index contributed by atoms with van der Waals surface area (Å²) in [4.78, 5) is 25.5. The summed E-state index contributed by atoms with van der Waals surface area (Å²) in [6.07, 6.45) is -8.15. The minimum absolute atomic E-state index is 0.0776. The van der Waals surface area contributed by atoms with Gasteiger partial charge in [0.15, 0.2) is 10.3 Å². The lowest BCUT2D eigenvalue weighted by Crippen LogP contribution is -2.53. The number of aromatic nitrogens is 3. The number of piperidine rings is 1. The van der Waals surface area contributed by atoms with Crippen molar-refractivity contribution >= 4 is 44.3 Å². The quantitative estimate of drug-likeness (QED) is 0.439. The first-order valence-corrected chi connectivity index (χ1v) is 10.8. The Hall–Kier alpha value is -2.87. The van der Waals surface area contributed by atoms with Gasteiger partial charge in [-0.15, -0.1) is 13.2 Å². The Bertz CT molecular complexity index is 1210. The number of urea groups is 1. The molecule has 3 aromatic rings. The van der Waals surface area contributed by atoms with Gasteiger partial charge in [-0.3, -0.25) is 10.3 Å². The average Bonchev–Trinajstić information content (AvgIpc) is 3.13. The molecule has 7 nitrogen and oxygen atoms in total. The van der Waals surface area contributed by atoms with Gasteiger partial charge in [0, 0.05) is 31.5 Å². The number of fused-ring (bicyclic) bond motifs is 1. The van der Waals surface area contributed by atoms with Crippen molar-refractivity contribution in [2.75, 3.05) is 18.4 Å². The fourth-order valence-corrected chi connectivity index (χ4v) is 4.88. The highest BCUT2D eigenvalue weighted by atomic mass is 35.5. The number of carbonyl (C=O) groups excluding carboxylic acids is 1. The molecule has 0 spiro atoms. The first-order valence-electron chi connectivity index (χ1n) is 9.64. The van der Waals surface area contributed by atoms with Gasteiger partial charge in [-0.05, 0) is 25.0 Å². The van der Waals surface area contributed by atoms with Crippen molar-refractivity contribution in [2.24, 2.45) is 0 Å². The summed E-state index contributed by atoms with van der Waals surface area (Å²) < 4.78 is 83.6. The highest BCUT2D eigenvalue weighted by Crippen LogP contribution is 2.49. The van der Waals surface area contributed by atoms with Crippen LogP contribution in [-0.4, -0.2) is 51.5 Å². The van der Waals surface area contributed by atoms with Gasteiger partial charge in [0.2, 0.25) is 0 Å². The Morgan fingerprint density at radius 1 is 1.12 bits per heavy atom. The van der Waals surface area contributed by atoms with E-state index in [4.69, 9.17) is 11.6 Å². The SMILES string of the molecule is O=C(Nc1nc2ccc(OC(F)(F)F)cc2s1)N1CCC(c2nccnc2Cl)(C(F)(F)F)CC1. The predicted octanol–water partition coefficient (Wildman–Crippen LogP) is 5.77. The van der Waals surface area contributed by atoms with Crippen molar-refractivity contribution in [3.8, 4) is 5.75 Å². The molecule has 0 aliphatic carbocycles. The van der Waals surface area contributed by atoms with Crippen LogP contribution >= 0.6 is 22.9 Å². The molecular formula is C19H14ClF6N5O2S. The summed E-state index contributed by atoms with van der Waals surface area (Å²) in [5, 5.41) is 2.21. The van der Waals surface area contributed by atoms with Gasteiger partial charge in [-0.25, -0.2) is 14.8 Å². The molecule has 0 bridgehead atoms. The Balaban J connectivity index is 1.47. The number of alkyl halides is 6. The third-order valence-corrected chi connectivity index (χ3v) is 6.57. The molecule has 15 heteroatoms. The van der Waals surface area contributed by atoms with Gasteiger partial charge in [0.1, 0.15) is 11.2 Å². The first-order chi connectivity index (χ1) is 15.9. The summed E-state index contributed by atoms with van der Waals surface area (Å²) in [6.45, 7) is -0.487.